The molecule has 0 fully saturated rings. The first-order chi connectivity index (χ1) is 11.5. The fourth-order valence-corrected chi connectivity index (χ4v) is 2.24. The van der Waals surface area contributed by atoms with E-state index >= 15 is 0 Å². The Morgan fingerprint density at radius 1 is 1.12 bits per heavy atom. The fraction of sp³-hybridized carbons (Fsp3) is 0.211. The van der Waals surface area contributed by atoms with Crippen LogP contribution in [-0.2, 0) is 9.53 Å². The molecule has 0 unspecified atom stereocenters. The molecule has 0 bridgehead atoms. The lowest BCUT2D eigenvalue weighted by atomic mass is 10.1. The van der Waals surface area contributed by atoms with Crippen LogP contribution in [0.2, 0.25) is 0 Å². The number of carbonyl (C=O) groups is 2. The van der Waals surface area contributed by atoms with Gasteiger partial charge in [-0.1, -0.05) is 35.9 Å². The number of hydrogen-bond donors (Lipinski definition) is 0. The Hall–Kier alpha value is -3.13. The van der Waals surface area contributed by atoms with Crippen molar-refractivity contribution in [2.24, 2.45) is 0 Å². The second-order valence-electron chi connectivity index (χ2n) is 5.37. The van der Waals surface area contributed by atoms with Crippen molar-refractivity contribution < 1.29 is 14.3 Å². The molecule has 2 aromatic carbocycles. The van der Waals surface area contributed by atoms with Crippen LogP contribution < -0.4 is 4.90 Å². The van der Waals surface area contributed by atoms with Crippen LogP contribution in [0, 0.1) is 25.2 Å². The van der Waals surface area contributed by atoms with Crippen molar-refractivity contribution in [3.63, 3.8) is 0 Å². The predicted molar refractivity (Wildman–Crippen MR) is 90.6 cm³/mol. The standard InChI is InChI=1S/C19H18N2O3/c1-14-8-9-15(2)17(12-14)19(23)24-13-18(22)21(11-10-20)16-6-4-3-5-7-16/h3-9,12H,11,13H2,1-2H3. The molecular formula is C19H18N2O3. The van der Waals surface area contributed by atoms with Crippen molar-refractivity contribution in [1.29, 1.82) is 5.26 Å². The number of ether oxygens (including phenoxy) is 1. The summed E-state index contributed by atoms with van der Waals surface area (Å²) in [5.41, 5.74) is 2.76. The molecule has 5 nitrogen and oxygen atoms in total. The highest BCUT2D eigenvalue weighted by Crippen LogP contribution is 2.15. The van der Waals surface area contributed by atoms with Crippen LogP contribution >= 0.6 is 0 Å². The van der Waals surface area contributed by atoms with E-state index < -0.39 is 18.5 Å². The molecule has 0 atom stereocenters. The Labute approximate surface area is 141 Å². The number of hydrogen-bond acceptors (Lipinski definition) is 4. The summed E-state index contributed by atoms with van der Waals surface area (Å²) in [6.07, 6.45) is 0. The SMILES string of the molecule is Cc1ccc(C)c(C(=O)OCC(=O)N(CC#N)c2ccccc2)c1. The minimum Gasteiger partial charge on any atom is -0.452 e. The van der Waals surface area contributed by atoms with Crippen LogP contribution in [0.3, 0.4) is 0 Å². The van der Waals surface area contributed by atoms with Gasteiger partial charge in [-0.2, -0.15) is 5.26 Å². The summed E-state index contributed by atoms with van der Waals surface area (Å²) in [5, 5.41) is 8.92. The van der Waals surface area contributed by atoms with Crippen molar-refractivity contribution >= 4 is 17.6 Å². The Kier molecular flexibility index (Phi) is 5.69. The van der Waals surface area contributed by atoms with Crippen LogP contribution in [0.15, 0.2) is 48.5 Å². The van der Waals surface area contributed by atoms with Crippen LogP contribution in [0.1, 0.15) is 21.5 Å². The van der Waals surface area contributed by atoms with Crippen LogP contribution in [0.5, 0.6) is 0 Å². The van der Waals surface area contributed by atoms with Gasteiger partial charge in [-0.05, 0) is 37.6 Å². The molecule has 0 heterocycles. The molecule has 2 rings (SSSR count). The van der Waals surface area contributed by atoms with E-state index in [4.69, 9.17) is 10.00 Å². The molecule has 2 aromatic rings. The minimum atomic E-state index is -0.547. The first-order valence-electron chi connectivity index (χ1n) is 7.49. The van der Waals surface area contributed by atoms with E-state index in [1.165, 1.54) is 4.90 Å². The average Bonchev–Trinajstić information content (AvgIpc) is 2.60. The van der Waals surface area contributed by atoms with Gasteiger partial charge >= 0.3 is 5.97 Å². The molecule has 0 saturated carbocycles. The number of amides is 1. The van der Waals surface area contributed by atoms with E-state index in [9.17, 15) is 9.59 Å². The predicted octanol–water partition coefficient (Wildman–Crippen LogP) is 3.02. The van der Waals surface area contributed by atoms with E-state index in [0.29, 0.717) is 11.3 Å². The summed E-state index contributed by atoms with van der Waals surface area (Å²) < 4.78 is 5.13. The monoisotopic (exact) mass is 322 g/mol. The largest absolute Gasteiger partial charge is 0.452 e. The van der Waals surface area contributed by atoms with Crippen LogP contribution in [0.4, 0.5) is 5.69 Å². The van der Waals surface area contributed by atoms with E-state index in [-0.39, 0.29) is 6.54 Å². The number of nitrogens with zero attached hydrogens (tertiary/aromatic N) is 2. The molecule has 0 N–H and O–H groups in total. The zero-order valence-corrected chi connectivity index (χ0v) is 13.7. The highest BCUT2D eigenvalue weighted by Gasteiger charge is 2.18. The lowest BCUT2D eigenvalue weighted by Crippen LogP contribution is -2.35. The summed E-state index contributed by atoms with van der Waals surface area (Å²) >= 11 is 0. The average molecular weight is 322 g/mol. The molecule has 5 heteroatoms. The number of nitriles is 1. The minimum absolute atomic E-state index is 0.107. The maximum Gasteiger partial charge on any atom is 0.338 e. The second kappa shape index (κ2) is 7.93. The normalized spacial score (nSPS) is 9.88. The van der Waals surface area contributed by atoms with Gasteiger partial charge in [0, 0.05) is 5.69 Å². The number of aryl methyl sites for hydroxylation is 2. The maximum absolute atomic E-state index is 12.3. The highest BCUT2D eigenvalue weighted by molar-refractivity contribution is 5.97. The molecular weight excluding hydrogens is 304 g/mol. The molecule has 0 aliphatic rings. The summed E-state index contributed by atoms with van der Waals surface area (Å²) in [4.78, 5) is 25.8. The van der Waals surface area contributed by atoms with Crippen LogP contribution in [0.25, 0.3) is 0 Å². The molecule has 0 aliphatic heterocycles. The number of anilines is 1. The summed E-state index contributed by atoms with van der Waals surface area (Å²) in [6, 6.07) is 16.2. The van der Waals surface area contributed by atoms with Crippen molar-refractivity contribution in [3.05, 3.63) is 65.2 Å². The zero-order chi connectivity index (χ0) is 17.5. The molecule has 0 saturated heterocycles. The quantitative estimate of drug-likeness (QED) is 0.627. The van der Waals surface area contributed by atoms with Gasteiger partial charge in [0.2, 0.25) is 0 Å². The van der Waals surface area contributed by atoms with Gasteiger partial charge in [0.25, 0.3) is 5.91 Å². The van der Waals surface area contributed by atoms with Gasteiger partial charge in [-0.15, -0.1) is 0 Å². The summed E-state index contributed by atoms with van der Waals surface area (Å²) in [5.74, 6) is -0.990. The number of esters is 1. The molecule has 0 spiro atoms. The third-order valence-electron chi connectivity index (χ3n) is 3.54. The first-order valence-corrected chi connectivity index (χ1v) is 7.49. The van der Waals surface area contributed by atoms with E-state index in [1.54, 1.807) is 30.3 Å². The molecule has 24 heavy (non-hydrogen) atoms. The van der Waals surface area contributed by atoms with Crippen molar-refractivity contribution in [3.8, 4) is 6.07 Å². The number of benzene rings is 2. The topological polar surface area (TPSA) is 70.4 Å². The van der Waals surface area contributed by atoms with Gasteiger partial charge in [-0.25, -0.2) is 4.79 Å². The molecule has 0 radical (unpaired) electrons. The van der Waals surface area contributed by atoms with Crippen molar-refractivity contribution in [2.45, 2.75) is 13.8 Å². The third-order valence-corrected chi connectivity index (χ3v) is 3.54. The van der Waals surface area contributed by atoms with Gasteiger partial charge in [-0.3, -0.25) is 9.69 Å². The van der Waals surface area contributed by atoms with E-state index in [2.05, 4.69) is 0 Å². The Morgan fingerprint density at radius 3 is 2.50 bits per heavy atom. The lowest BCUT2D eigenvalue weighted by Gasteiger charge is -2.19. The van der Waals surface area contributed by atoms with Gasteiger partial charge in [0.1, 0.15) is 6.54 Å². The Morgan fingerprint density at radius 2 is 1.83 bits per heavy atom. The van der Waals surface area contributed by atoms with Gasteiger partial charge in [0.05, 0.1) is 11.6 Å². The summed E-state index contributed by atoms with van der Waals surface area (Å²) in [7, 11) is 0. The van der Waals surface area contributed by atoms with Gasteiger partial charge < -0.3 is 4.74 Å². The number of carbonyl (C=O) groups excluding carboxylic acids is 2. The lowest BCUT2D eigenvalue weighted by molar-refractivity contribution is -0.121. The van der Waals surface area contributed by atoms with Gasteiger partial charge in [0.15, 0.2) is 6.61 Å². The Bertz CT molecular complexity index is 779. The van der Waals surface area contributed by atoms with E-state index in [1.807, 2.05) is 38.1 Å². The third kappa shape index (κ3) is 4.20. The Balaban J connectivity index is 2.07. The number of rotatable bonds is 5. The highest BCUT2D eigenvalue weighted by atomic mass is 16.5. The maximum atomic E-state index is 12.3. The summed E-state index contributed by atoms with van der Waals surface area (Å²) in [6.45, 7) is 3.17. The van der Waals surface area contributed by atoms with Crippen LogP contribution in [-0.4, -0.2) is 25.0 Å². The fourth-order valence-electron chi connectivity index (χ4n) is 2.24. The van der Waals surface area contributed by atoms with Crippen molar-refractivity contribution in [2.75, 3.05) is 18.1 Å². The molecule has 122 valence electrons. The van der Waals surface area contributed by atoms with Crippen molar-refractivity contribution in [1.82, 2.24) is 0 Å². The molecule has 1 amide bonds. The number of para-hydroxylation sites is 1. The molecule has 0 aromatic heterocycles. The van der Waals surface area contributed by atoms with E-state index in [0.717, 1.165) is 11.1 Å². The zero-order valence-electron chi connectivity index (χ0n) is 13.7. The second-order valence-corrected chi connectivity index (χ2v) is 5.37. The first kappa shape index (κ1) is 17.2. The smallest absolute Gasteiger partial charge is 0.338 e. The molecule has 0 aliphatic carbocycles.